The normalized spacial score (nSPS) is 11.3. The summed E-state index contributed by atoms with van der Waals surface area (Å²) in [6.07, 6.45) is 0. The monoisotopic (exact) mass is 243 g/mol. The van der Waals surface area contributed by atoms with Crippen LogP contribution in [0.5, 0.6) is 0 Å². The first kappa shape index (κ1) is 13.6. The van der Waals surface area contributed by atoms with Crippen LogP contribution in [0.3, 0.4) is 0 Å². The second-order valence-electron chi connectivity index (χ2n) is 3.69. The molecule has 0 heterocycles. The van der Waals surface area contributed by atoms with Crippen LogP contribution in [0.2, 0.25) is 0 Å². The molecular weight excluding hydrogens is 229 g/mol. The third-order valence-electron chi connectivity index (χ3n) is 2.41. The van der Waals surface area contributed by atoms with Crippen LogP contribution < -0.4 is 5.32 Å². The van der Waals surface area contributed by atoms with Crippen LogP contribution >= 0.6 is 0 Å². The third kappa shape index (κ3) is 3.00. The van der Waals surface area contributed by atoms with E-state index in [-0.39, 0.29) is 5.56 Å². The van der Waals surface area contributed by atoms with E-state index < -0.39 is 37.1 Å². The Hall–Kier alpha value is -1.50. The summed E-state index contributed by atoms with van der Waals surface area (Å²) in [4.78, 5) is 11.7. The van der Waals surface area contributed by atoms with E-state index in [1.807, 2.05) is 0 Å². The number of hydrogen-bond donors (Lipinski definition) is 4. The average molecular weight is 243 g/mol. The van der Waals surface area contributed by atoms with E-state index in [0.29, 0.717) is 0 Å². The van der Waals surface area contributed by atoms with Crippen molar-refractivity contribution in [2.75, 3.05) is 19.8 Å². The summed E-state index contributed by atoms with van der Waals surface area (Å²) in [6, 6.07) is 5.30. The Morgan fingerprint density at radius 2 is 1.71 bits per heavy atom. The predicted molar refractivity (Wildman–Crippen MR) is 57.9 cm³/mol. The topological polar surface area (TPSA) is 89.8 Å². The largest absolute Gasteiger partial charge is 0.394 e. The van der Waals surface area contributed by atoms with Gasteiger partial charge in [0.05, 0.1) is 25.4 Å². The van der Waals surface area contributed by atoms with Gasteiger partial charge in [0, 0.05) is 0 Å². The van der Waals surface area contributed by atoms with E-state index >= 15 is 0 Å². The first-order valence-electron chi connectivity index (χ1n) is 4.98. The van der Waals surface area contributed by atoms with E-state index in [9.17, 15) is 9.18 Å². The molecule has 0 unspecified atom stereocenters. The molecule has 0 bridgehead atoms. The van der Waals surface area contributed by atoms with Gasteiger partial charge in [-0.3, -0.25) is 4.79 Å². The van der Waals surface area contributed by atoms with Crippen LogP contribution in [-0.4, -0.2) is 46.6 Å². The number of hydrogen-bond acceptors (Lipinski definition) is 4. The number of carbonyl (C=O) groups excluding carboxylic acids is 1. The van der Waals surface area contributed by atoms with Gasteiger partial charge in [0.1, 0.15) is 11.4 Å². The van der Waals surface area contributed by atoms with Crippen molar-refractivity contribution in [2.24, 2.45) is 0 Å². The van der Waals surface area contributed by atoms with Crippen LogP contribution in [0.4, 0.5) is 4.39 Å². The maximum Gasteiger partial charge on any atom is 0.254 e. The SMILES string of the molecule is O=C(NC(CO)(CO)CO)c1ccccc1F. The van der Waals surface area contributed by atoms with Crippen molar-refractivity contribution in [1.82, 2.24) is 5.32 Å². The minimum absolute atomic E-state index is 0.216. The molecule has 6 heteroatoms. The van der Waals surface area contributed by atoms with Gasteiger partial charge in [-0.05, 0) is 12.1 Å². The molecule has 1 amide bonds. The fourth-order valence-electron chi connectivity index (χ4n) is 1.22. The lowest BCUT2D eigenvalue weighted by molar-refractivity contribution is 0.0373. The zero-order valence-corrected chi connectivity index (χ0v) is 9.06. The highest BCUT2D eigenvalue weighted by molar-refractivity contribution is 5.95. The molecule has 0 aliphatic rings. The molecule has 0 radical (unpaired) electrons. The van der Waals surface area contributed by atoms with Crippen molar-refractivity contribution in [2.45, 2.75) is 5.54 Å². The number of halogens is 1. The Morgan fingerprint density at radius 1 is 1.18 bits per heavy atom. The molecule has 17 heavy (non-hydrogen) atoms. The van der Waals surface area contributed by atoms with E-state index in [4.69, 9.17) is 15.3 Å². The lowest BCUT2D eigenvalue weighted by Gasteiger charge is -2.28. The zero-order chi connectivity index (χ0) is 12.9. The number of aliphatic hydroxyl groups excluding tert-OH is 3. The van der Waals surface area contributed by atoms with Gasteiger partial charge in [0.2, 0.25) is 0 Å². The summed E-state index contributed by atoms with van der Waals surface area (Å²) in [7, 11) is 0. The summed E-state index contributed by atoms with van der Waals surface area (Å²) >= 11 is 0. The maximum absolute atomic E-state index is 13.3. The van der Waals surface area contributed by atoms with Crippen LogP contribution in [0.15, 0.2) is 24.3 Å². The van der Waals surface area contributed by atoms with E-state index in [1.54, 1.807) is 0 Å². The highest BCUT2D eigenvalue weighted by Crippen LogP contribution is 2.09. The molecule has 0 aliphatic carbocycles. The van der Waals surface area contributed by atoms with Gasteiger partial charge in [-0.1, -0.05) is 12.1 Å². The lowest BCUT2D eigenvalue weighted by Crippen LogP contribution is -2.57. The Labute approximate surface area is 97.5 Å². The van der Waals surface area contributed by atoms with Crippen molar-refractivity contribution in [3.05, 3.63) is 35.6 Å². The van der Waals surface area contributed by atoms with E-state index in [0.717, 1.165) is 6.07 Å². The molecule has 4 N–H and O–H groups in total. The molecule has 1 rings (SSSR count). The number of rotatable bonds is 5. The molecule has 1 aromatic carbocycles. The van der Waals surface area contributed by atoms with Crippen molar-refractivity contribution >= 4 is 5.91 Å². The highest BCUT2D eigenvalue weighted by Gasteiger charge is 2.30. The van der Waals surface area contributed by atoms with Crippen molar-refractivity contribution in [3.63, 3.8) is 0 Å². The number of aliphatic hydroxyl groups is 3. The molecule has 5 nitrogen and oxygen atoms in total. The number of nitrogens with one attached hydrogen (secondary N) is 1. The minimum Gasteiger partial charge on any atom is -0.394 e. The summed E-state index contributed by atoms with van der Waals surface area (Å²) in [5.74, 6) is -1.52. The molecule has 0 saturated carbocycles. The van der Waals surface area contributed by atoms with Crippen LogP contribution in [0.25, 0.3) is 0 Å². The Morgan fingerprint density at radius 3 is 2.18 bits per heavy atom. The van der Waals surface area contributed by atoms with Crippen molar-refractivity contribution < 1.29 is 24.5 Å². The standard InChI is InChI=1S/C11H14FNO4/c12-9-4-2-1-3-8(9)10(17)13-11(5-14,6-15)7-16/h1-4,14-16H,5-7H2,(H,13,17). The second kappa shape index (κ2) is 5.72. The van der Waals surface area contributed by atoms with Crippen molar-refractivity contribution in [1.29, 1.82) is 0 Å². The molecule has 0 atom stereocenters. The molecular formula is C11H14FNO4. The smallest absolute Gasteiger partial charge is 0.254 e. The molecule has 0 aromatic heterocycles. The van der Waals surface area contributed by atoms with Gasteiger partial charge >= 0.3 is 0 Å². The zero-order valence-electron chi connectivity index (χ0n) is 9.06. The Balaban J connectivity index is 2.89. The fourth-order valence-corrected chi connectivity index (χ4v) is 1.22. The lowest BCUT2D eigenvalue weighted by atomic mass is 10.0. The second-order valence-corrected chi connectivity index (χ2v) is 3.69. The molecule has 1 aromatic rings. The predicted octanol–water partition coefficient (Wildman–Crippen LogP) is -0.729. The highest BCUT2D eigenvalue weighted by atomic mass is 19.1. The number of benzene rings is 1. The van der Waals surface area contributed by atoms with Gasteiger partial charge < -0.3 is 20.6 Å². The minimum atomic E-state index is -1.56. The molecule has 0 aliphatic heterocycles. The quantitative estimate of drug-likeness (QED) is 0.549. The maximum atomic E-state index is 13.3. The van der Waals surface area contributed by atoms with Crippen LogP contribution in [0.1, 0.15) is 10.4 Å². The Kier molecular flexibility index (Phi) is 4.56. The van der Waals surface area contributed by atoms with Crippen LogP contribution in [0, 0.1) is 5.82 Å². The average Bonchev–Trinajstić information content (AvgIpc) is 2.36. The summed E-state index contributed by atoms with van der Waals surface area (Å²) in [6.45, 7) is -1.96. The molecule has 94 valence electrons. The molecule has 0 spiro atoms. The first-order chi connectivity index (χ1) is 8.08. The van der Waals surface area contributed by atoms with Gasteiger partial charge in [0.15, 0.2) is 0 Å². The Bertz CT molecular complexity index is 385. The van der Waals surface area contributed by atoms with Gasteiger partial charge in [-0.15, -0.1) is 0 Å². The molecule has 0 fully saturated rings. The first-order valence-corrected chi connectivity index (χ1v) is 4.98. The van der Waals surface area contributed by atoms with Gasteiger partial charge in [-0.2, -0.15) is 0 Å². The van der Waals surface area contributed by atoms with Gasteiger partial charge in [0.25, 0.3) is 5.91 Å². The van der Waals surface area contributed by atoms with E-state index in [1.165, 1.54) is 18.2 Å². The van der Waals surface area contributed by atoms with Crippen molar-refractivity contribution in [3.8, 4) is 0 Å². The van der Waals surface area contributed by atoms with Gasteiger partial charge in [-0.25, -0.2) is 4.39 Å². The third-order valence-corrected chi connectivity index (χ3v) is 2.41. The summed E-state index contributed by atoms with van der Waals surface area (Å²) < 4.78 is 13.3. The summed E-state index contributed by atoms with van der Waals surface area (Å²) in [5, 5.41) is 29.2. The number of carbonyl (C=O) groups is 1. The van der Waals surface area contributed by atoms with Crippen LogP contribution in [-0.2, 0) is 0 Å². The fraction of sp³-hybridized carbons (Fsp3) is 0.364. The van der Waals surface area contributed by atoms with E-state index in [2.05, 4.69) is 5.32 Å². The molecule has 0 saturated heterocycles. The summed E-state index contributed by atoms with van der Waals surface area (Å²) in [5.41, 5.74) is -1.77. The number of amides is 1.